The quantitative estimate of drug-likeness (QED) is 0.106. The topological polar surface area (TPSA) is 12.7 Å². The van der Waals surface area contributed by atoms with E-state index in [1.807, 2.05) is 13.8 Å². The van der Waals surface area contributed by atoms with Crippen LogP contribution in [-0.4, -0.2) is 9.94 Å². The summed E-state index contributed by atoms with van der Waals surface area (Å²) in [5.74, 6) is 0. The molecule has 178 valence electrons. The van der Waals surface area contributed by atoms with Crippen LogP contribution in [0.15, 0.2) is 85.1 Å². The zero-order valence-corrected chi connectivity index (χ0v) is 21.6. The smallest absolute Gasteiger partial charge is 0.231 e. The Bertz CT molecular complexity index is 2050. The number of rotatable bonds is 3. The number of hydrogen-bond donors (Lipinski definition) is 0. The Kier molecular flexibility index (Phi) is 4.45. The molecule has 0 unspecified atom stereocenters. The van der Waals surface area contributed by atoms with Crippen LogP contribution in [0.1, 0.15) is 25.0 Å². The third-order valence-corrected chi connectivity index (χ3v) is 7.94. The third-order valence-electron chi connectivity index (χ3n) is 7.94. The van der Waals surface area contributed by atoms with Crippen molar-refractivity contribution in [2.45, 2.75) is 32.7 Å². The lowest BCUT2D eigenvalue weighted by atomic mass is 9.92. The highest BCUT2D eigenvalue weighted by Crippen LogP contribution is 2.42. The van der Waals surface area contributed by atoms with E-state index in [-0.39, 0.29) is 0 Å². The van der Waals surface area contributed by atoms with E-state index < -0.39 is 5.54 Å². The number of fused-ring (bicyclic) bond motifs is 5. The van der Waals surface area contributed by atoms with Gasteiger partial charge in [0.2, 0.25) is 11.1 Å². The largest absolute Gasteiger partial charge is 0.311 e. The molecule has 3 heteroatoms. The minimum absolute atomic E-state index is 0.444. The molecule has 0 fully saturated rings. The highest BCUT2D eigenvalue weighted by molar-refractivity contribution is 6.26. The Morgan fingerprint density at radius 2 is 1.62 bits per heavy atom. The standard InChI is InChI=1S/C34H28N3/c1-21-11-13-27-26-14-12-24(23-9-7-6-8-10-23)19-28(26)37-29-18-22(20-34(2,3)35-4)17-25-15-16-36(5)33(31(25)29)30(21)32(27)37/h6-19H,20H2,1-3,5H3/q+1. The molecule has 0 radical (unpaired) electrons. The van der Waals surface area contributed by atoms with Gasteiger partial charge >= 0.3 is 0 Å². The molecule has 0 amide bonds. The van der Waals surface area contributed by atoms with Gasteiger partial charge < -0.3 is 9.25 Å². The van der Waals surface area contributed by atoms with Crippen molar-refractivity contribution in [2.24, 2.45) is 7.05 Å². The van der Waals surface area contributed by atoms with Crippen molar-refractivity contribution in [2.75, 3.05) is 0 Å². The average molecular weight is 479 g/mol. The highest BCUT2D eigenvalue weighted by atomic mass is 15.0. The van der Waals surface area contributed by atoms with Crippen LogP contribution in [0.4, 0.5) is 0 Å². The molecule has 0 spiro atoms. The fourth-order valence-corrected chi connectivity index (χ4v) is 6.23. The second-order valence-electron chi connectivity index (χ2n) is 11.0. The van der Waals surface area contributed by atoms with Crippen molar-refractivity contribution in [1.82, 2.24) is 4.40 Å². The van der Waals surface area contributed by atoms with Crippen molar-refractivity contribution >= 4 is 49.0 Å². The maximum absolute atomic E-state index is 7.71. The Balaban J connectivity index is 1.72. The number of benzene rings is 4. The van der Waals surface area contributed by atoms with E-state index in [0.717, 1.165) is 0 Å². The van der Waals surface area contributed by atoms with E-state index in [2.05, 4.69) is 113 Å². The lowest BCUT2D eigenvalue weighted by molar-refractivity contribution is -0.643. The normalized spacial score (nSPS) is 12.4. The van der Waals surface area contributed by atoms with Crippen molar-refractivity contribution in [3.63, 3.8) is 0 Å². The maximum atomic E-state index is 7.71. The molecule has 0 N–H and O–H groups in total. The van der Waals surface area contributed by atoms with Gasteiger partial charge in [0.1, 0.15) is 7.05 Å². The van der Waals surface area contributed by atoms with Gasteiger partial charge in [-0.2, -0.15) is 0 Å². The van der Waals surface area contributed by atoms with E-state index in [1.54, 1.807) is 0 Å². The zero-order chi connectivity index (χ0) is 25.5. The van der Waals surface area contributed by atoms with Crippen LogP contribution in [0.2, 0.25) is 0 Å². The Hall–Kier alpha value is -4.42. The van der Waals surface area contributed by atoms with Gasteiger partial charge in [0.25, 0.3) is 0 Å². The van der Waals surface area contributed by atoms with E-state index in [1.165, 1.54) is 71.3 Å². The van der Waals surface area contributed by atoms with Crippen molar-refractivity contribution in [3.8, 4) is 11.1 Å². The molecular weight excluding hydrogens is 450 g/mol. The van der Waals surface area contributed by atoms with Crippen molar-refractivity contribution in [3.05, 3.63) is 108 Å². The fraction of sp³-hybridized carbons (Fsp3) is 0.176. The van der Waals surface area contributed by atoms with Gasteiger partial charge in [-0.05, 0) is 46.7 Å². The molecule has 0 saturated carbocycles. The summed E-state index contributed by atoms with van der Waals surface area (Å²) in [6, 6.07) is 28.9. The third kappa shape index (κ3) is 3.09. The van der Waals surface area contributed by atoms with Crippen LogP contribution in [0.25, 0.3) is 65.0 Å². The van der Waals surface area contributed by atoms with Crippen LogP contribution in [-0.2, 0) is 13.5 Å². The predicted octanol–water partition coefficient (Wildman–Crippen LogP) is 8.03. The summed E-state index contributed by atoms with van der Waals surface area (Å²) in [4.78, 5) is 3.91. The van der Waals surface area contributed by atoms with Gasteiger partial charge in [-0.25, -0.2) is 11.1 Å². The molecule has 7 rings (SSSR count). The van der Waals surface area contributed by atoms with Crippen LogP contribution in [0.5, 0.6) is 0 Å². The number of pyridine rings is 2. The molecule has 7 aromatic rings. The minimum atomic E-state index is -0.444. The summed E-state index contributed by atoms with van der Waals surface area (Å²) in [6.07, 6.45) is 2.89. The molecule has 37 heavy (non-hydrogen) atoms. The zero-order valence-electron chi connectivity index (χ0n) is 21.6. The summed E-state index contributed by atoms with van der Waals surface area (Å²) in [6.45, 7) is 14.0. The fourth-order valence-electron chi connectivity index (χ4n) is 6.23. The Morgan fingerprint density at radius 1 is 0.838 bits per heavy atom. The van der Waals surface area contributed by atoms with E-state index in [9.17, 15) is 0 Å². The van der Waals surface area contributed by atoms with Gasteiger partial charge in [-0.1, -0.05) is 60.7 Å². The lowest BCUT2D eigenvalue weighted by Gasteiger charge is -2.16. The molecule has 0 aliphatic carbocycles. The Labute approximate surface area is 216 Å². The SMILES string of the molecule is [C-]#[N+]C(C)(C)Cc1cc2cc[n+](C)c3c4c(C)ccc5c6ccc(-c7ccccc7)cc6n(c(c1)c23)c54. The van der Waals surface area contributed by atoms with Crippen LogP contribution in [0.3, 0.4) is 0 Å². The lowest BCUT2D eigenvalue weighted by Crippen LogP contribution is -2.29. The first-order valence-corrected chi connectivity index (χ1v) is 12.8. The molecule has 3 aromatic heterocycles. The summed E-state index contributed by atoms with van der Waals surface area (Å²) in [5, 5.41) is 6.37. The summed E-state index contributed by atoms with van der Waals surface area (Å²) < 4.78 is 4.76. The molecule has 0 bridgehead atoms. The number of hydrogen-bond acceptors (Lipinski definition) is 0. The van der Waals surface area contributed by atoms with Gasteiger partial charge in [0.05, 0.1) is 33.7 Å². The highest BCUT2D eigenvalue weighted by Gasteiger charge is 2.27. The van der Waals surface area contributed by atoms with E-state index in [4.69, 9.17) is 6.57 Å². The molecule has 4 aromatic carbocycles. The molecule has 0 saturated heterocycles. The predicted molar refractivity (Wildman–Crippen MR) is 154 cm³/mol. The number of aryl methyl sites for hydroxylation is 2. The van der Waals surface area contributed by atoms with Gasteiger partial charge in [-0.3, -0.25) is 0 Å². The monoisotopic (exact) mass is 478 g/mol. The first-order valence-electron chi connectivity index (χ1n) is 12.8. The van der Waals surface area contributed by atoms with Gasteiger partial charge in [0.15, 0.2) is 6.20 Å². The number of nitrogens with zero attached hydrogens (tertiary/aromatic N) is 3. The first-order chi connectivity index (χ1) is 17.9. The molecule has 3 heterocycles. The van der Waals surface area contributed by atoms with Crippen molar-refractivity contribution in [1.29, 1.82) is 0 Å². The van der Waals surface area contributed by atoms with Crippen LogP contribution in [0, 0.1) is 13.5 Å². The van der Waals surface area contributed by atoms with Crippen LogP contribution < -0.4 is 4.57 Å². The molecule has 3 nitrogen and oxygen atoms in total. The summed E-state index contributed by atoms with van der Waals surface area (Å²) in [7, 11) is 2.15. The maximum Gasteiger partial charge on any atom is 0.231 e. The number of aromatic nitrogens is 2. The van der Waals surface area contributed by atoms with Crippen LogP contribution >= 0.6 is 0 Å². The summed E-state index contributed by atoms with van der Waals surface area (Å²) >= 11 is 0. The minimum Gasteiger partial charge on any atom is -0.311 e. The van der Waals surface area contributed by atoms with E-state index >= 15 is 0 Å². The summed E-state index contributed by atoms with van der Waals surface area (Å²) in [5.41, 5.74) is 9.46. The van der Waals surface area contributed by atoms with Crippen molar-refractivity contribution < 1.29 is 4.57 Å². The average Bonchev–Trinajstić information content (AvgIpc) is 3.23. The molecule has 0 atom stereocenters. The van der Waals surface area contributed by atoms with Gasteiger partial charge in [-0.15, -0.1) is 0 Å². The molecule has 0 aliphatic rings. The van der Waals surface area contributed by atoms with Gasteiger partial charge in [0, 0.05) is 30.7 Å². The van der Waals surface area contributed by atoms with E-state index in [0.29, 0.717) is 6.42 Å². The second-order valence-corrected chi connectivity index (χ2v) is 11.0. The first kappa shape index (κ1) is 21.8. The second kappa shape index (κ2) is 7.54. The molecule has 0 aliphatic heterocycles. The Morgan fingerprint density at radius 3 is 2.41 bits per heavy atom. The molecular formula is C34H28N3+.